The molecule has 0 aliphatic carbocycles. The second-order valence-corrected chi connectivity index (χ2v) is 6.85. The van der Waals surface area contributed by atoms with E-state index in [1.165, 1.54) is 4.31 Å². The van der Waals surface area contributed by atoms with Crippen LogP contribution < -0.4 is 9.62 Å². The van der Waals surface area contributed by atoms with Crippen molar-refractivity contribution in [3.63, 3.8) is 0 Å². The van der Waals surface area contributed by atoms with Gasteiger partial charge >= 0.3 is 0 Å². The van der Waals surface area contributed by atoms with E-state index in [1.807, 2.05) is 38.1 Å². The van der Waals surface area contributed by atoms with Crippen molar-refractivity contribution in [1.82, 2.24) is 5.32 Å². The maximum atomic E-state index is 12.3. The predicted octanol–water partition coefficient (Wildman–Crippen LogP) is 1.76. The van der Waals surface area contributed by atoms with Crippen LogP contribution in [-0.2, 0) is 10.0 Å². The molecule has 0 bridgehead atoms. The van der Waals surface area contributed by atoms with Crippen LogP contribution in [0.5, 0.6) is 0 Å². The summed E-state index contributed by atoms with van der Waals surface area (Å²) in [6, 6.07) is 7.48. The highest BCUT2D eigenvalue weighted by atomic mass is 32.2. The minimum Gasteiger partial charge on any atom is -0.316 e. The zero-order chi connectivity index (χ0) is 13.8. The standard InChI is InChI=1S/C13H22N2O2S/c1-5-14-10-12(3)18(16,17)15(4)13-8-6-11(2)7-9-13/h6-9,12,14H,5,10H2,1-4H3. The molecule has 1 rings (SSSR count). The van der Waals surface area contributed by atoms with E-state index in [2.05, 4.69) is 5.32 Å². The second-order valence-electron chi connectivity index (χ2n) is 4.47. The van der Waals surface area contributed by atoms with Gasteiger partial charge in [0.2, 0.25) is 10.0 Å². The van der Waals surface area contributed by atoms with Crippen molar-refractivity contribution in [2.24, 2.45) is 0 Å². The zero-order valence-corrected chi connectivity index (χ0v) is 12.3. The number of nitrogens with zero attached hydrogens (tertiary/aromatic N) is 1. The number of hydrogen-bond acceptors (Lipinski definition) is 3. The second kappa shape index (κ2) is 6.20. The van der Waals surface area contributed by atoms with Gasteiger partial charge in [-0.3, -0.25) is 4.31 Å². The topological polar surface area (TPSA) is 49.4 Å². The lowest BCUT2D eigenvalue weighted by atomic mass is 10.2. The molecule has 0 radical (unpaired) electrons. The summed E-state index contributed by atoms with van der Waals surface area (Å²) >= 11 is 0. The summed E-state index contributed by atoms with van der Waals surface area (Å²) in [6.45, 7) is 6.90. The fourth-order valence-corrected chi connectivity index (χ4v) is 2.91. The maximum Gasteiger partial charge on any atom is 0.238 e. The predicted molar refractivity (Wildman–Crippen MR) is 76.5 cm³/mol. The molecule has 1 aromatic rings. The summed E-state index contributed by atoms with van der Waals surface area (Å²) in [5.41, 5.74) is 1.81. The van der Waals surface area contributed by atoms with E-state index >= 15 is 0 Å². The number of anilines is 1. The smallest absolute Gasteiger partial charge is 0.238 e. The normalized spacial score (nSPS) is 13.3. The fraction of sp³-hybridized carbons (Fsp3) is 0.538. The van der Waals surface area contributed by atoms with E-state index in [1.54, 1.807) is 14.0 Å². The van der Waals surface area contributed by atoms with Gasteiger partial charge in [0.25, 0.3) is 0 Å². The number of hydrogen-bond donors (Lipinski definition) is 1. The molecule has 1 aromatic carbocycles. The quantitative estimate of drug-likeness (QED) is 0.857. The largest absolute Gasteiger partial charge is 0.316 e. The highest BCUT2D eigenvalue weighted by Crippen LogP contribution is 2.19. The van der Waals surface area contributed by atoms with Crippen molar-refractivity contribution in [2.45, 2.75) is 26.0 Å². The van der Waals surface area contributed by atoms with Crippen LogP contribution in [0.3, 0.4) is 0 Å². The first-order valence-corrected chi connectivity index (χ1v) is 7.65. The van der Waals surface area contributed by atoms with Gasteiger partial charge < -0.3 is 5.32 Å². The molecule has 0 aliphatic rings. The van der Waals surface area contributed by atoms with Crippen molar-refractivity contribution in [1.29, 1.82) is 0 Å². The van der Waals surface area contributed by atoms with E-state index in [-0.39, 0.29) is 0 Å². The van der Waals surface area contributed by atoms with Crippen LogP contribution in [-0.4, -0.2) is 33.8 Å². The van der Waals surface area contributed by atoms with Crippen LogP contribution in [0.2, 0.25) is 0 Å². The number of rotatable bonds is 6. The van der Waals surface area contributed by atoms with Gasteiger partial charge in [0.05, 0.1) is 10.9 Å². The third-order valence-corrected chi connectivity index (χ3v) is 5.13. The number of benzene rings is 1. The van der Waals surface area contributed by atoms with Crippen LogP contribution in [0.4, 0.5) is 5.69 Å². The molecule has 0 fully saturated rings. The van der Waals surface area contributed by atoms with Crippen molar-refractivity contribution in [2.75, 3.05) is 24.4 Å². The van der Waals surface area contributed by atoms with Gasteiger partial charge in [0.1, 0.15) is 0 Å². The van der Waals surface area contributed by atoms with Gasteiger partial charge in [-0.2, -0.15) is 0 Å². The molecule has 0 amide bonds. The molecule has 4 nitrogen and oxygen atoms in total. The zero-order valence-electron chi connectivity index (χ0n) is 11.5. The Balaban J connectivity index is 2.87. The lowest BCUT2D eigenvalue weighted by Gasteiger charge is -2.24. The molecule has 0 heterocycles. The lowest BCUT2D eigenvalue weighted by Crippen LogP contribution is -2.40. The molecule has 5 heteroatoms. The van der Waals surface area contributed by atoms with Crippen LogP contribution in [0, 0.1) is 6.92 Å². The van der Waals surface area contributed by atoms with E-state index in [0.717, 1.165) is 12.1 Å². The highest BCUT2D eigenvalue weighted by Gasteiger charge is 2.25. The first-order chi connectivity index (χ1) is 8.39. The first kappa shape index (κ1) is 15.0. The van der Waals surface area contributed by atoms with E-state index < -0.39 is 15.3 Å². The van der Waals surface area contributed by atoms with Crippen LogP contribution in [0.1, 0.15) is 19.4 Å². The first-order valence-electron chi connectivity index (χ1n) is 6.14. The SMILES string of the molecule is CCNCC(C)S(=O)(=O)N(C)c1ccc(C)cc1. The summed E-state index contributed by atoms with van der Waals surface area (Å²) in [4.78, 5) is 0. The Labute approximate surface area is 110 Å². The third-order valence-electron chi connectivity index (χ3n) is 2.97. The molecule has 102 valence electrons. The van der Waals surface area contributed by atoms with E-state index in [4.69, 9.17) is 0 Å². The van der Waals surface area contributed by atoms with Gasteiger partial charge in [-0.15, -0.1) is 0 Å². The highest BCUT2D eigenvalue weighted by molar-refractivity contribution is 7.93. The van der Waals surface area contributed by atoms with Crippen molar-refractivity contribution in [3.05, 3.63) is 29.8 Å². The minimum absolute atomic E-state index is 0.441. The number of nitrogens with one attached hydrogen (secondary N) is 1. The Kier molecular flexibility index (Phi) is 5.16. The van der Waals surface area contributed by atoms with Crippen LogP contribution >= 0.6 is 0 Å². The van der Waals surface area contributed by atoms with Crippen molar-refractivity contribution < 1.29 is 8.42 Å². The van der Waals surface area contributed by atoms with Gasteiger partial charge in [0.15, 0.2) is 0 Å². The van der Waals surface area contributed by atoms with Gasteiger partial charge in [-0.25, -0.2) is 8.42 Å². The van der Waals surface area contributed by atoms with Gasteiger partial charge in [-0.05, 0) is 32.5 Å². The molecule has 0 saturated heterocycles. The Hall–Kier alpha value is -1.07. The van der Waals surface area contributed by atoms with E-state index in [9.17, 15) is 8.42 Å². The van der Waals surface area contributed by atoms with Crippen LogP contribution in [0.15, 0.2) is 24.3 Å². The third kappa shape index (κ3) is 3.46. The molecule has 0 spiro atoms. The van der Waals surface area contributed by atoms with Gasteiger partial charge in [0, 0.05) is 13.6 Å². The summed E-state index contributed by atoms with van der Waals surface area (Å²) in [5.74, 6) is 0. The molecule has 1 unspecified atom stereocenters. The summed E-state index contributed by atoms with van der Waals surface area (Å²) in [5, 5.41) is 2.62. The monoisotopic (exact) mass is 270 g/mol. The molecular weight excluding hydrogens is 248 g/mol. The van der Waals surface area contributed by atoms with E-state index in [0.29, 0.717) is 12.2 Å². The number of sulfonamides is 1. The maximum absolute atomic E-state index is 12.3. The summed E-state index contributed by atoms with van der Waals surface area (Å²) in [7, 11) is -1.71. The Morgan fingerprint density at radius 1 is 1.28 bits per heavy atom. The molecular formula is C13H22N2O2S. The Morgan fingerprint density at radius 3 is 2.33 bits per heavy atom. The van der Waals surface area contributed by atoms with Gasteiger partial charge in [-0.1, -0.05) is 24.6 Å². The average Bonchev–Trinajstić information content (AvgIpc) is 2.35. The summed E-state index contributed by atoms with van der Waals surface area (Å²) < 4.78 is 26.0. The molecule has 1 N–H and O–H groups in total. The molecule has 0 aliphatic heterocycles. The number of aryl methyl sites for hydroxylation is 1. The molecule has 0 aromatic heterocycles. The average molecular weight is 270 g/mol. The minimum atomic E-state index is -3.31. The fourth-order valence-electron chi connectivity index (χ4n) is 1.62. The Morgan fingerprint density at radius 2 is 1.83 bits per heavy atom. The Bertz CT molecular complexity index is 468. The van der Waals surface area contributed by atoms with Crippen molar-refractivity contribution >= 4 is 15.7 Å². The van der Waals surface area contributed by atoms with Crippen molar-refractivity contribution in [3.8, 4) is 0 Å². The molecule has 18 heavy (non-hydrogen) atoms. The van der Waals surface area contributed by atoms with Crippen LogP contribution in [0.25, 0.3) is 0 Å². The summed E-state index contributed by atoms with van der Waals surface area (Å²) in [6.07, 6.45) is 0. The molecule has 1 atom stereocenters. The molecule has 0 saturated carbocycles. The lowest BCUT2D eigenvalue weighted by molar-refractivity contribution is 0.572.